The monoisotopic (exact) mass is 316 g/mol. The number of rotatable bonds is 5. The lowest BCUT2D eigenvalue weighted by atomic mass is 10.1. The maximum Gasteiger partial charge on any atom is 0.0797 e. The number of aryl methyl sites for hydroxylation is 1. The Balaban J connectivity index is 1.47. The number of hydrogen-bond donors (Lipinski definition) is 0. The highest BCUT2D eigenvalue weighted by Gasteiger charge is 2.22. The van der Waals surface area contributed by atoms with Gasteiger partial charge >= 0.3 is 0 Å². The SMILES string of the molecule is Cc1ncsc1CCN1CCN([C@@H](C)c2cccnc2)CC1. The minimum atomic E-state index is 0.458. The molecule has 0 bridgehead atoms. The van der Waals surface area contributed by atoms with Gasteiger partial charge in [0.1, 0.15) is 0 Å². The van der Waals surface area contributed by atoms with Crippen LogP contribution in [0.25, 0.3) is 0 Å². The van der Waals surface area contributed by atoms with Crippen LogP contribution in [0.2, 0.25) is 0 Å². The van der Waals surface area contributed by atoms with Gasteiger partial charge in [-0.1, -0.05) is 6.07 Å². The highest BCUT2D eigenvalue weighted by molar-refractivity contribution is 7.09. The standard InChI is InChI=1S/C17H24N4S/c1-14-17(22-13-19-14)5-7-20-8-10-21(11-9-20)15(2)16-4-3-6-18-12-16/h3-4,6,12-13,15H,5,7-11H2,1-2H3/t15-/m0/s1. The Morgan fingerprint density at radius 3 is 2.73 bits per heavy atom. The molecule has 5 heteroatoms. The molecule has 1 atom stereocenters. The molecular formula is C17H24N4S. The Kier molecular flexibility index (Phi) is 5.18. The van der Waals surface area contributed by atoms with Gasteiger partial charge in [0, 0.05) is 56.0 Å². The van der Waals surface area contributed by atoms with Crippen molar-refractivity contribution in [2.45, 2.75) is 26.3 Å². The van der Waals surface area contributed by atoms with Crippen LogP contribution in [0.1, 0.15) is 29.1 Å². The van der Waals surface area contributed by atoms with Crippen LogP contribution in [0.4, 0.5) is 0 Å². The first-order chi connectivity index (χ1) is 10.7. The number of aromatic nitrogens is 2. The summed E-state index contributed by atoms with van der Waals surface area (Å²) in [5.41, 5.74) is 4.48. The molecule has 4 nitrogen and oxygen atoms in total. The van der Waals surface area contributed by atoms with Gasteiger partial charge < -0.3 is 4.90 Å². The Hall–Kier alpha value is -1.30. The maximum atomic E-state index is 4.34. The van der Waals surface area contributed by atoms with Gasteiger partial charge in [0.2, 0.25) is 0 Å². The Labute approximate surface area is 136 Å². The van der Waals surface area contributed by atoms with E-state index in [9.17, 15) is 0 Å². The van der Waals surface area contributed by atoms with Crippen LogP contribution in [-0.4, -0.2) is 52.5 Å². The van der Waals surface area contributed by atoms with Crippen LogP contribution >= 0.6 is 11.3 Å². The van der Waals surface area contributed by atoms with E-state index in [1.807, 2.05) is 24.0 Å². The summed E-state index contributed by atoms with van der Waals surface area (Å²) < 4.78 is 0. The number of piperazine rings is 1. The van der Waals surface area contributed by atoms with Crippen LogP contribution in [0.15, 0.2) is 30.0 Å². The summed E-state index contributed by atoms with van der Waals surface area (Å²) in [5, 5.41) is 0. The lowest BCUT2D eigenvalue weighted by molar-refractivity contribution is 0.103. The second-order valence-corrected chi connectivity index (χ2v) is 6.89. The van der Waals surface area contributed by atoms with Crippen molar-refractivity contribution in [1.29, 1.82) is 0 Å². The van der Waals surface area contributed by atoms with Crippen molar-refractivity contribution in [3.8, 4) is 0 Å². The van der Waals surface area contributed by atoms with Crippen molar-refractivity contribution >= 4 is 11.3 Å². The van der Waals surface area contributed by atoms with Gasteiger partial charge in [-0.25, -0.2) is 4.98 Å². The van der Waals surface area contributed by atoms with Crippen molar-refractivity contribution in [3.05, 3.63) is 46.2 Å². The van der Waals surface area contributed by atoms with Crippen LogP contribution in [0.5, 0.6) is 0 Å². The third-order valence-corrected chi connectivity index (χ3v) is 5.62. The maximum absolute atomic E-state index is 4.34. The predicted molar refractivity (Wildman–Crippen MR) is 91.2 cm³/mol. The third-order valence-electron chi connectivity index (χ3n) is 4.62. The number of thiazole rings is 1. The van der Waals surface area contributed by atoms with E-state index in [1.54, 1.807) is 11.3 Å². The molecule has 1 aliphatic heterocycles. The fraction of sp³-hybridized carbons (Fsp3) is 0.529. The van der Waals surface area contributed by atoms with Gasteiger partial charge in [-0.05, 0) is 31.9 Å². The zero-order chi connectivity index (χ0) is 15.4. The van der Waals surface area contributed by atoms with Crippen LogP contribution in [0, 0.1) is 6.92 Å². The smallest absolute Gasteiger partial charge is 0.0797 e. The number of hydrogen-bond acceptors (Lipinski definition) is 5. The van der Waals surface area contributed by atoms with Crippen LogP contribution in [0.3, 0.4) is 0 Å². The quantitative estimate of drug-likeness (QED) is 0.849. The highest BCUT2D eigenvalue weighted by atomic mass is 32.1. The van der Waals surface area contributed by atoms with E-state index in [-0.39, 0.29) is 0 Å². The van der Waals surface area contributed by atoms with E-state index in [1.165, 1.54) is 16.1 Å². The lowest BCUT2D eigenvalue weighted by Crippen LogP contribution is -2.47. The van der Waals surface area contributed by atoms with Crippen molar-refractivity contribution in [3.63, 3.8) is 0 Å². The summed E-state index contributed by atoms with van der Waals surface area (Å²) in [6.07, 6.45) is 4.97. The van der Waals surface area contributed by atoms with E-state index in [4.69, 9.17) is 0 Å². The first-order valence-corrected chi connectivity index (χ1v) is 8.87. The average molecular weight is 316 g/mol. The summed E-state index contributed by atoms with van der Waals surface area (Å²) in [4.78, 5) is 15.1. The van der Waals surface area contributed by atoms with Gasteiger partial charge in [-0.3, -0.25) is 9.88 Å². The molecule has 0 aliphatic carbocycles. The van der Waals surface area contributed by atoms with Crippen LogP contribution < -0.4 is 0 Å². The molecule has 0 N–H and O–H groups in total. The fourth-order valence-corrected chi connectivity index (χ4v) is 3.80. The largest absolute Gasteiger partial charge is 0.300 e. The average Bonchev–Trinajstić information content (AvgIpc) is 2.99. The lowest BCUT2D eigenvalue weighted by Gasteiger charge is -2.38. The van der Waals surface area contributed by atoms with Crippen LogP contribution in [-0.2, 0) is 6.42 Å². The van der Waals surface area contributed by atoms with Crippen molar-refractivity contribution in [2.75, 3.05) is 32.7 Å². The van der Waals surface area contributed by atoms with Gasteiger partial charge in [0.05, 0.1) is 11.2 Å². The Bertz CT molecular complexity index is 575. The predicted octanol–water partition coefficient (Wildman–Crippen LogP) is 2.77. The molecule has 0 amide bonds. The molecule has 3 rings (SSSR count). The molecule has 0 aromatic carbocycles. The Morgan fingerprint density at radius 2 is 2.09 bits per heavy atom. The molecule has 22 heavy (non-hydrogen) atoms. The summed E-state index contributed by atoms with van der Waals surface area (Å²) in [7, 11) is 0. The molecule has 1 saturated heterocycles. The molecule has 0 saturated carbocycles. The van der Waals surface area contributed by atoms with Crippen molar-refractivity contribution in [2.24, 2.45) is 0 Å². The molecule has 1 fully saturated rings. The molecular weight excluding hydrogens is 292 g/mol. The minimum absolute atomic E-state index is 0.458. The zero-order valence-corrected chi connectivity index (χ0v) is 14.2. The molecule has 3 heterocycles. The summed E-state index contributed by atoms with van der Waals surface area (Å²) in [6.45, 7) is 10.1. The minimum Gasteiger partial charge on any atom is -0.300 e. The third kappa shape index (κ3) is 3.72. The molecule has 118 valence electrons. The van der Waals surface area contributed by atoms with E-state index < -0.39 is 0 Å². The second-order valence-electron chi connectivity index (χ2n) is 5.95. The van der Waals surface area contributed by atoms with E-state index in [0.717, 1.165) is 39.1 Å². The van der Waals surface area contributed by atoms with Gasteiger partial charge in [0.15, 0.2) is 0 Å². The fourth-order valence-electron chi connectivity index (χ4n) is 3.03. The summed E-state index contributed by atoms with van der Waals surface area (Å²) in [5.74, 6) is 0. The first-order valence-electron chi connectivity index (χ1n) is 7.99. The number of pyridine rings is 1. The highest BCUT2D eigenvalue weighted by Crippen LogP contribution is 2.21. The number of nitrogens with zero attached hydrogens (tertiary/aromatic N) is 4. The molecule has 0 unspecified atom stereocenters. The van der Waals surface area contributed by atoms with E-state index >= 15 is 0 Å². The normalized spacial score (nSPS) is 18.5. The van der Waals surface area contributed by atoms with Crippen molar-refractivity contribution in [1.82, 2.24) is 19.8 Å². The Morgan fingerprint density at radius 1 is 1.27 bits per heavy atom. The zero-order valence-electron chi connectivity index (χ0n) is 13.4. The van der Waals surface area contributed by atoms with E-state index in [0.29, 0.717) is 6.04 Å². The second kappa shape index (κ2) is 7.31. The molecule has 0 spiro atoms. The van der Waals surface area contributed by atoms with Crippen molar-refractivity contribution < 1.29 is 0 Å². The first kappa shape index (κ1) is 15.6. The molecule has 2 aromatic heterocycles. The molecule has 2 aromatic rings. The van der Waals surface area contributed by atoms with Gasteiger partial charge in [0.25, 0.3) is 0 Å². The van der Waals surface area contributed by atoms with E-state index in [2.05, 4.69) is 39.7 Å². The summed E-state index contributed by atoms with van der Waals surface area (Å²) in [6, 6.07) is 4.66. The topological polar surface area (TPSA) is 32.3 Å². The van der Waals surface area contributed by atoms with Gasteiger partial charge in [-0.15, -0.1) is 11.3 Å². The van der Waals surface area contributed by atoms with Gasteiger partial charge in [-0.2, -0.15) is 0 Å². The summed E-state index contributed by atoms with van der Waals surface area (Å²) >= 11 is 1.79. The molecule has 1 aliphatic rings. The molecule has 0 radical (unpaired) electrons.